The Bertz CT molecular complexity index is 417. The Morgan fingerprint density at radius 1 is 1.35 bits per heavy atom. The molecule has 2 atom stereocenters. The third-order valence-corrected chi connectivity index (χ3v) is 4.72. The number of fused-ring (bicyclic) bond motifs is 1. The normalized spacial score (nSPS) is 31.5. The molecule has 0 aromatic carbocycles. The summed E-state index contributed by atoms with van der Waals surface area (Å²) in [6.45, 7) is 4.80. The fraction of sp³-hybridized carbons (Fsp3) is 0.733. The Morgan fingerprint density at radius 3 is 2.88 bits per heavy atom. The van der Waals surface area contributed by atoms with Crippen LogP contribution in [0.25, 0.3) is 0 Å². The second kappa shape index (κ2) is 3.88. The number of nitrogens with two attached hydrogens (primary N) is 1. The minimum atomic E-state index is 0.286. The molecule has 2 nitrogen and oxygen atoms in total. The van der Waals surface area contributed by atoms with Gasteiger partial charge in [0.2, 0.25) is 0 Å². The van der Waals surface area contributed by atoms with Crippen LogP contribution in [0.15, 0.2) is 12.3 Å². The van der Waals surface area contributed by atoms with Gasteiger partial charge in [-0.05, 0) is 55.6 Å². The molecule has 2 aliphatic rings. The second-order valence-electron chi connectivity index (χ2n) is 6.68. The zero-order valence-corrected chi connectivity index (χ0v) is 11.1. The molecule has 1 fully saturated rings. The van der Waals surface area contributed by atoms with E-state index < -0.39 is 0 Å². The summed E-state index contributed by atoms with van der Waals surface area (Å²) >= 11 is 0. The van der Waals surface area contributed by atoms with Crippen molar-refractivity contribution in [1.29, 1.82) is 0 Å². The Kier molecular flexibility index (Phi) is 2.58. The smallest absolute Gasteiger partial charge is 0.0338 e. The summed E-state index contributed by atoms with van der Waals surface area (Å²) in [7, 11) is 0. The van der Waals surface area contributed by atoms with Crippen LogP contribution in [-0.2, 0) is 6.42 Å². The number of rotatable bonds is 1. The van der Waals surface area contributed by atoms with Crippen molar-refractivity contribution in [1.82, 2.24) is 4.57 Å². The highest BCUT2D eigenvalue weighted by Crippen LogP contribution is 2.45. The SMILES string of the molecule is CC1(C)CCC(n2ccc3c2CCCC3N)C1. The van der Waals surface area contributed by atoms with Crippen molar-refractivity contribution in [2.45, 2.75) is 64.5 Å². The van der Waals surface area contributed by atoms with E-state index in [1.54, 1.807) is 0 Å². The van der Waals surface area contributed by atoms with Crippen LogP contribution >= 0.6 is 0 Å². The van der Waals surface area contributed by atoms with Crippen LogP contribution in [0.1, 0.15) is 69.3 Å². The molecule has 0 radical (unpaired) electrons. The maximum absolute atomic E-state index is 6.20. The first-order valence-electron chi connectivity index (χ1n) is 7.02. The van der Waals surface area contributed by atoms with Crippen LogP contribution in [0.3, 0.4) is 0 Å². The predicted octanol–water partition coefficient (Wildman–Crippen LogP) is 3.58. The Labute approximate surface area is 104 Å². The molecule has 1 heterocycles. The molecule has 0 aliphatic heterocycles. The van der Waals surface area contributed by atoms with E-state index in [2.05, 4.69) is 30.7 Å². The summed E-state index contributed by atoms with van der Waals surface area (Å²) in [4.78, 5) is 0. The lowest BCUT2D eigenvalue weighted by atomic mass is 9.91. The van der Waals surface area contributed by atoms with Gasteiger partial charge in [0.1, 0.15) is 0 Å². The highest BCUT2D eigenvalue weighted by molar-refractivity contribution is 5.29. The molecule has 2 unspecified atom stereocenters. The number of nitrogens with zero attached hydrogens (tertiary/aromatic N) is 1. The zero-order valence-electron chi connectivity index (χ0n) is 11.1. The van der Waals surface area contributed by atoms with E-state index >= 15 is 0 Å². The molecule has 0 spiro atoms. The van der Waals surface area contributed by atoms with Crippen molar-refractivity contribution in [3.63, 3.8) is 0 Å². The van der Waals surface area contributed by atoms with Crippen LogP contribution < -0.4 is 5.73 Å². The maximum atomic E-state index is 6.20. The average Bonchev–Trinajstić information content (AvgIpc) is 2.82. The fourth-order valence-corrected chi connectivity index (χ4v) is 3.73. The quantitative estimate of drug-likeness (QED) is 0.788. The van der Waals surface area contributed by atoms with Gasteiger partial charge >= 0.3 is 0 Å². The Morgan fingerprint density at radius 2 is 2.18 bits per heavy atom. The van der Waals surface area contributed by atoms with Gasteiger partial charge in [0.15, 0.2) is 0 Å². The molecule has 2 aliphatic carbocycles. The lowest BCUT2D eigenvalue weighted by molar-refractivity contribution is 0.355. The predicted molar refractivity (Wildman–Crippen MR) is 71.0 cm³/mol. The molecular formula is C15H24N2. The van der Waals surface area contributed by atoms with Crippen molar-refractivity contribution in [3.05, 3.63) is 23.5 Å². The molecule has 2 N–H and O–H groups in total. The van der Waals surface area contributed by atoms with Crippen LogP contribution in [0, 0.1) is 5.41 Å². The van der Waals surface area contributed by atoms with E-state index in [1.165, 1.54) is 43.4 Å². The van der Waals surface area contributed by atoms with Crippen LogP contribution in [0.4, 0.5) is 0 Å². The van der Waals surface area contributed by atoms with Crippen molar-refractivity contribution in [3.8, 4) is 0 Å². The number of hydrogen-bond acceptors (Lipinski definition) is 1. The van der Waals surface area contributed by atoms with E-state index in [9.17, 15) is 0 Å². The zero-order chi connectivity index (χ0) is 12.0. The molecule has 1 aromatic heterocycles. The van der Waals surface area contributed by atoms with Gasteiger partial charge in [-0.2, -0.15) is 0 Å². The third-order valence-electron chi connectivity index (χ3n) is 4.72. The van der Waals surface area contributed by atoms with Gasteiger partial charge in [-0.25, -0.2) is 0 Å². The summed E-state index contributed by atoms with van der Waals surface area (Å²) in [5, 5.41) is 0. The maximum Gasteiger partial charge on any atom is 0.0338 e. The summed E-state index contributed by atoms with van der Waals surface area (Å²) in [6, 6.07) is 3.28. The number of aromatic nitrogens is 1. The second-order valence-corrected chi connectivity index (χ2v) is 6.68. The first-order valence-corrected chi connectivity index (χ1v) is 7.02. The van der Waals surface area contributed by atoms with Gasteiger partial charge < -0.3 is 10.3 Å². The van der Waals surface area contributed by atoms with Gasteiger partial charge in [-0.3, -0.25) is 0 Å². The van der Waals surface area contributed by atoms with E-state index in [4.69, 9.17) is 5.73 Å². The van der Waals surface area contributed by atoms with Crippen LogP contribution in [0.2, 0.25) is 0 Å². The van der Waals surface area contributed by atoms with E-state index in [-0.39, 0.29) is 6.04 Å². The molecule has 0 amide bonds. The van der Waals surface area contributed by atoms with Crippen molar-refractivity contribution >= 4 is 0 Å². The molecule has 17 heavy (non-hydrogen) atoms. The topological polar surface area (TPSA) is 30.9 Å². The van der Waals surface area contributed by atoms with Gasteiger partial charge in [-0.15, -0.1) is 0 Å². The summed E-state index contributed by atoms with van der Waals surface area (Å²) in [6.07, 6.45) is 9.96. The first kappa shape index (κ1) is 11.3. The average molecular weight is 232 g/mol. The highest BCUT2D eigenvalue weighted by atomic mass is 15.0. The first-order chi connectivity index (χ1) is 8.07. The molecule has 0 saturated heterocycles. The molecule has 3 rings (SSSR count). The van der Waals surface area contributed by atoms with E-state index in [0.717, 1.165) is 12.5 Å². The molecule has 2 heteroatoms. The lowest BCUT2D eigenvalue weighted by Crippen LogP contribution is -2.19. The summed E-state index contributed by atoms with van der Waals surface area (Å²) < 4.78 is 2.54. The molecule has 1 aromatic rings. The largest absolute Gasteiger partial charge is 0.348 e. The Hall–Kier alpha value is -0.760. The molecule has 0 bridgehead atoms. The van der Waals surface area contributed by atoms with E-state index in [0.29, 0.717) is 5.41 Å². The fourth-order valence-electron chi connectivity index (χ4n) is 3.73. The summed E-state index contributed by atoms with van der Waals surface area (Å²) in [5.74, 6) is 0. The third kappa shape index (κ3) is 1.93. The van der Waals surface area contributed by atoms with Gasteiger partial charge in [0, 0.05) is 24.0 Å². The molecule has 94 valence electrons. The van der Waals surface area contributed by atoms with Gasteiger partial charge in [-0.1, -0.05) is 13.8 Å². The van der Waals surface area contributed by atoms with Crippen LogP contribution in [0.5, 0.6) is 0 Å². The summed E-state index contributed by atoms with van der Waals surface area (Å²) in [5.41, 5.74) is 9.68. The van der Waals surface area contributed by atoms with Gasteiger partial charge in [0.25, 0.3) is 0 Å². The van der Waals surface area contributed by atoms with Crippen molar-refractivity contribution < 1.29 is 0 Å². The lowest BCUT2D eigenvalue weighted by Gasteiger charge is -2.24. The molecular weight excluding hydrogens is 208 g/mol. The minimum Gasteiger partial charge on any atom is -0.348 e. The minimum absolute atomic E-state index is 0.286. The number of hydrogen-bond donors (Lipinski definition) is 1. The highest BCUT2D eigenvalue weighted by Gasteiger charge is 2.33. The van der Waals surface area contributed by atoms with Crippen molar-refractivity contribution in [2.24, 2.45) is 11.1 Å². The molecule has 1 saturated carbocycles. The van der Waals surface area contributed by atoms with Crippen molar-refractivity contribution in [2.75, 3.05) is 0 Å². The standard InChI is InChI=1S/C15H24N2/c1-15(2)8-6-11(10-15)17-9-7-12-13(16)4-3-5-14(12)17/h7,9,11,13H,3-6,8,10,16H2,1-2H3. The monoisotopic (exact) mass is 232 g/mol. The van der Waals surface area contributed by atoms with E-state index in [1.807, 2.05) is 0 Å². The van der Waals surface area contributed by atoms with Crippen LogP contribution in [-0.4, -0.2) is 4.57 Å². The Balaban J connectivity index is 1.90. The van der Waals surface area contributed by atoms with Gasteiger partial charge in [0.05, 0.1) is 0 Å².